The minimum absolute atomic E-state index is 0.162. The first-order chi connectivity index (χ1) is 9.52. The molecule has 0 saturated carbocycles. The molecule has 0 aromatic carbocycles. The number of nitriles is 1. The van der Waals surface area contributed by atoms with Crippen molar-refractivity contribution in [3.05, 3.63) is 32.6 Å². The number of hydrogen-bond acceptors (Lipinski definition) is 6. The van der Waals surface area contributed by atoms with Crippen LogP contribution >= 0.6 is 0 Å². The van der Waals surface area contributed by atoms with Crippen molar-refractivity contribution in [2.45, 2.75) is 31.8 Å². The second-order valence-electron chi connectivity index (χ2n) is 4.70. The van der Waals surface area contributed by atoms with Gasteiger partial charge in [0.1, 0.15) is 6.23 Å². The zero-order chi connectivity index (χ0) is 14.7. The van der Waals surface area contributed by atoms with Crippen molar-refractivity contribution in [2.24, 2.45) is 0 Å². The highest BCUT2D eigenvalue weighted by atomic mass is 16.5. The van der Waals surface area contributed by atoms with Crippen LogP contribution in [-0.4, -0.2) is 40.8 Å². The Balaban J connectivity index is 2.12. The Morgan fingerprint density at radius 1 is 1.70 bits per heavy atom. The van der Waals surface area contributed by atoms with Gasteiger partial charge in [0.05, 0.1) is 12.2 Å². The molecule has 2 heterocycles. The van der Waals surface area contributed by atoms with Crippen LogP contribution in [0.1, 0.15) is 18.2 Å². The largest absolute Gasteiger partial charge is 0.390 e. The minimum atomic E-state index is -0.731. The SMILES string of the molecule is Cc1cn([C@H]2C[C@H](O)[C@@H](CNBC#N)O2)c(=O)[nH]c1=O. The minimum Gasteiger partial charge on any atom is -0.390 e. The lowest BCUT2D eigenvalue weighted by Gasteiger charge is -2.16. The summed E-state index contributed by atoms with van der Waals surface area (Å²) in [4.78, 5) is 25.2. The molecule has 0 radical (unpaired) electrons. The number of aromatic nitrogens is 2. The van der Waals surface area contributed by atoms with Crippen LogP contribution in [-0.2, 0) is 4.74 Å². The molecular formula is C11H15BN4O4. The van der Waals surface area contributed by atoms with Gasteiger partial charge in [-0.3, -0.25) is 14.3 Å². The predicted octanol–water partition coefficient (Wildman–Crippen LogP) is -2.08. The van der Waals surface area contributed by atoms with Gasteiger partial charge in [0.2, 0.25) is 0 Å². The number of nitrogens with zero attached hydrogens (tertiary/aromatic N) is 2. The highest BCUT2D eigenvalue weighted by Crippen LogP contribution is 2.27. The molecule has 9 heteroatoms. The lowest BCUT2D eigenvalue weighted by Crippen LogP contribution is -2.36. The third kappa shape index (κ3) is 2.99. The summed E-state index contributed by atoms with van der Waals surface area (Å²) < 4.78 is 6.87. The molecule has 3 N–H and O–H groups in total. The first kappa shape index (κ1) is 14.5. The number of aliphatic hydroxyl groups is 1. The topological polar surface area (TPSA) is 120 Å². The Hall–Kier alpha value is -1.89. The second kappa shape index (κ2) is 6.05. The number of aryl methyl sites for hydroxylation is 1. The molecule has 0 aliphatic carbocycles. The second-order valence-corrected chi connectivity index (χ2v) is 4.70. The van der Waals surface area contributed by atoms with Crippen molar-refractivity contribution in [3.8, 4) is 5.97 Å². The summed E-state index contributed by atoms with van der Waals surface area (Å²) in [5.41, 5.74) is -0.603. The van der Waals surface area contributed by atoms with E-state index in [1.54, 1.807) is 6.92 Å². The van der Waals surface area contributed by atoms with Gasteiger partial charge in [-0.25, -0.2) is 10.1 Å². The molecular weight excluding hydrogens is 263 g/mol. The molecule has 8 nitrogen and oxygen atoms in total. The first-order valence-electron chi connectivity index (χ1n) is 6.26. The van der Waals surface area contributed by atoms with E-state index < -0.39 is 29.7 Å². The van der Waals surface area contributed by atoms with Gasteiger partial charge in [0.25, 0.3) is 5.56 Å². The summed E-state index contributed by atoms with van der Waals surface area (Å²) in [6, 6.07) is 0. The Morgan fingerprint density at radius 3 is 3.15 bits per heavy atom. The van der Waals surface area contributed by atoms with Crippen LogP contribution in [0.25, 0.3) is 0 Å². The highest BCUT2D eigenvalue weighted by Gasteiger charge is 2.35. The molecule has 106 valence electrons. The fourth-order valence-corrected chi connectivity index (χ4v) is 2.14. The van der Waals surface area contributed by atoms with E-state index in [2.05, 4.69) is 10.2 Å². The number of H-pyrrole nitrogens is 1. The van der Waals surface area contributed by atoms with Gasteiger partial charge in [0, 0.05) is 30.7 Å². The van der Waals surface area contributed by atoms with E-state index in [1.165, 1.54) is 10.8 Å². The number of ether oxygens (including phenoxy) is 1. The van der Waals surface area contributed by atoms with E-state index >= 15 is 0 Å². The quantitative estimate of drug-likeness (QED) is 0.429. The maximum Gasteiger partial charge on any atom is 0.330 e. The van der Waals surface area contributed by atoms with Crippen molar-refractivity contribution in [1.82, 2.24) is 14.8 Å². The Morgan fingerprint density at radius 2 is 2.45 bits per heavy atom. The molecule has 1 aromatic rings. The van der Waals surface area contributed by atoms with Crippen LogP contribution in [0, 0.1) is 18.2 Å². The van der Waals surface area contributed by atoms with E-state index in [-0.39, 0.29) is 13.8 Å². The Bertz CT molecular complexity index is 635. The van der Waals surface area contributed by atoms with Crippen LogP contribution in [0.3, 0.4) is 0 Å². The number of aromatic amines is 1. The lowest BCUT2D eigenvalue weighted by molar-refractivity contribution is -0.0169. The van der Waals surface area contributed by atoms with Crippen molar-refractivity contribution in [3.63, 3.8) is 0 Å². The Labute approximate surface area is 115 Å². The molecule has 20 heavy (non-hydrogen) atoms. The van der Waals surface area contributed by atoms with Gasteiger partial charge in [-0.1, -0.05) is 0 Å². The molecule has 0 spiro atoms. The third-order valence-corrected chi connectivity index (χ3v) is 3.21. The standard InChI is InChI=1S/C11H15BN4O4/c1-6-4-16(11(19)15-10(6)18)9-2-7(17)8(20-9)3-14-12-5-13/h4,7-9,12,14,17H,2-3H2,1H3,(H,15,18,19)/t7-,8+,9+/m0/s1. The van der Waals surface area contributed by atoms with Crippen LogP contribution in [0.2, 0.25) is 0 Å². The first-order valence-corrected chi connectivity index (χ1v) is 6.26. The van der Waals surface area contributed by atoms with Crippen molar-refractivity contribution >= 4 is 7.41 Å². The number of nitrogens with one attached hydrogen (secondary N) is 2. The van der Waals surface area contributed by atoms with Gasteiger partial charge in [-0.05, 0) is 6.92 Å². The monoisotopic (exact) mass is 278 g/mol. The summed E-state index contributed by atoms with van der Waals surface area (Å²) in [6.45, 7) is 1.91. The summed E-state index contributed by atoms with van der Waals surface area (Å²) in [5, 5.41) is 21.2. The molecule has 3 atom stereocenters. The molecule has 1 fully saturated rings. The summed E-state index contributed by atoms with van der Waals surface area (Å²) in [6.07, 6.45) is -0.173. The maximum atomic E-state index is 11.7. The van der Waals surface area contributed by atoms with E-state index in [9.17, 15) is 14.7 Å². The van der Waals surface area contributed by atoms with Gasteiger partial charge in [-0.15, -0.1) is 0 Å². The maximum absolute atomic E-state index is 11.7. The van der Waals surface area contributed by atoms with E-state index in [0.29, 0.717) is 12.1 Å². The van der Waals surface area contributed by atoms with Gasteiger partial charge in [-0.2, -0.15) is 0 Å². The lowest BCUT2D eigenvalue weighted by atomic mass is 9.98. The molecule has 0 amide bonds. The molecule has 1 saturated heterocycles. The third-order valence-electron chi connectivity index (χ3n) is 3.21. The average Bonchev–Trinajstić information content (AvgIpc) is 2.76. The number of rotatable bonds is 4. The van der Waals surface area contributed by atoms with Crippen molar-refractivity contribution < 1.29 is 9.84 Å². The van der Waals surface area contributed by atoms with Crippen LogP contribution < -0.4 is 16.5 Å². The van der Waals surface area contributed by atoms with E-state index in [4.69, 9.17) is 10.00 Å². The highest BCUT2D eigenvalue weighted by molar-refractivity contribution is 6.42. The summed E-state index contributed by atoms with van der Waals surface area (Å²) in [5.74, 6) is 1.93. The number of aliphatic hydroxyl groups excluding tert-OH is 1. The van der Waals surface area contributed by atoms with Gasteiger partial charge >= 0.3 is 13.1 Å². The van der Waals surface area contributed by atoms with Gasteiger partial charge < -0.3 is 15.1 Å². The zero-order valence-corrected chi connectivity index (χ0v) is 11.0. The van der Waals surface area contributed by atoms with Crippen molar-refractivity contribution in [2.75, 3.05) is 6.54 Å². The predicted molar refractivity (Wildman–Crippen MR) is 71.4 cm³/mol. The molecule has 1 aliphatic rings. The summed E-state index contributed by atoms with van der Waals surface area (Å²) in [7, 11) is 0.162. The molecule has 0 unspecified atom stereocenters. The molecule has 1 aromatic heterocycles. The van der Waals surface area contributed by atoms with Crippen molar-refractivity contribution in [1.29, 1.82) is 5.26 Å². The van der Waals surface area contributed by atoms with Crippen LogP contribution in [0.5, 0.6) is 0 Å². The normalized spacial score (nSPS) is 25.4. The summed E-state index contributed by atoms with van der Waals surface area (Å²) >= 11 is 0. The average molecular weight is 278 g/mol. The van der Waals surface area contributed by atoms with E-state index in [0.717, 1.165) is 0 Å². The fraction of sp³-hybridized carbons (Fsp3) is 0.545. The van der Waals surface area contributed by atoms with Crippen LogP contribution in [0.15, 0.2) is 15.8 Å². The zero-order valence-electron chi connectivity index (χ0n) is 11.0. The molecule has 0 bridgehead atoms. The number of hydrogen-bond donors (Lipinski definition) is 3. The fourth-order valence-electron chi connectivity index (χ4n) is 2.14. The van der Waals surface area contributed by atoms with E-state index in [1.807, 2.05) is 5.97 Å². The van der Waals surface area contributed by atoms with Gasteiger partial charge in [0.15, 0.2) is 0 Å². The smallest absolute Gasteiger partial charge is 0.330 e. The van der Waals surface area contributed by atoms with Crippen LogP contribution in [0.4, 0.5) is 0 Å². The molecule has 1 aliphatic heterocycles. The Kier molecular flexibility index (Phi) is 4.39. The molecule has 2 rings (SSSR count).